The van der Waals surface area contributed by atoms with E-state index in [4.69, 9.17) is 0 Å². The van der Waals surface area contributed by atoms with Gasteiger partial charge in [0.2, 0.25) is 5.91 Å². The average Bonchev–Trinajstić information content (AvgIpc) is 2.95. The van der Waals surface area contributed by atoms with Gasteiger partial charge in [0.25, 0.3) is 5.91 Å². The maximum Gasteiger partial charge on any atom is 0.251 e. The number of carbonyl (C=O) groups is 2. The van der Waals surface area contributed by atoms with Gasteiger partial charge in [0.1, 0.15) is 0 Å². The summed E-state index contributed by atoms with van der Waals surface area (Å²) in [6.45, 7) is 6.64. The quantitative estimate of drug-likeness (QED) is 0.837. The maximum atomic E-state index is 12.1. The third-order valence-electron chi connectivity index (χ3n) is 3.82. The number of fused-ring (bicyclic) bond motifs is 1. The molecule has 0 aliphatic carbocycles. The van der Waals surface area contributed by atoms with E-state index in [1.165, 1.54) is 5.56 Å². The largest absolute Gasteiger partial charge is 0.384 e. The van der Waals surface area contributed by atoms with Crippen LogP contribution in [0.1, 0.15) is 36.2 Å². The van der Waals surface area contributed by atoms with Crippen molar-refractivity contribution in [3.63, 3.8) is 0 Å². The van der Waals surface area contributed by atoms with Gasteiger partial charge in [0.15, 0.2) is 0 Å². The smallest absolute Gasteiger partial charge is 0.251 e. The molecule has 0 fully saturated rings. The molecule has 1 aromatic rings. The molecule has 0 spiro atoms. The van der Waals surface area contributed by atoms with Crippen LogP contribution in [0.2, 0.25) is 0 Å². The lowest BCUT2D eigenvalue weighted by atomic mass is 10.1. The Bertz CT molecular complexity index is 524. The zero-order valence-electron chi connectivity index (χ0n) is 12.7. The van der Waals surface area contributed by atoms with E-state index in [1.807, 2.05) is 32.0 Å². The minimum absolute atomic E-state index is 0.0819. The number of nitrogens with one attached hydrogen (secondary N) is 2. The van der Waals surface area contributed by atoms with Crippen LogP contribution in [0.3, 0.4) is 0 Å². The topological polar surface area (TPSA) is 61.4 Å². The Morgan fingerprint density at radius 3 is 2.76 bits per heavy atom. The molecule has 1 aliphatic heterocycles. The van der Waals surface area contributed by atoms with Crippen LogP contribution in [-0.2, 0) is 11.2 Å². The van der Waals surface area contributed by atoms with Gasteiger partial charge in [0.05, 0.1) is 0 Å². The van der Waals surface area contributed by atoms with Crippen molar-refractivity contribution in [2.24, 2.45) is 0 Å². The zero-order chi connectivity index (χ0) is 15.2. The molecule has 0 bridgehead atoms. The van der Waals surface area contributed by atoms with Crippen LogP contribution in [0.5, 0.6) is 0 Å². The molecule has 0 saturated heterocycles. The average molecular weight is 289 g/mol. The molecule has 0 saturated carbocycles. The van der Waals surface area contributed by atoms with E-state index in [2.05, 4.69) is 10.6 Å². The summed E-state index contributed by atoms with van der Waals surface area (Å²) < 4.78 is 0. The Balaban J connectivity index is 1.83. The highest BCUT2D eigenvalue weighted by molar-refractivity contribution is 5.95. The van der Waals surface area contributed by atoms with E-state index in [9.17, 15) is 9.59 Å². The van der Waals surface area contributed by atoms with Crippen LogP contribution in [0, 0.1) is 0 Å². The third kappa shape index (κ3) is 3.74. The first kappa shape index (κ1) is 15.4. The molecule has 5 nitrogen and oxygen atoms in total. The highest BCUT2D eigenvalue weighted by atomic mass is 16.2. The summed E-state index contributed by atoms with van der Waals surface area (Å²) >= 11 is 0. The van der Waals surface area contributed by atoms with Crippen LogP contribution in [0.4, 0.5) is 5.69 Å². The van der Waals surface area contributed by atoms with Gasteiger partial charge in [-0.25, -0.2) is 0 Å². The van der Waals surface area contributed by atoms with Gasteiger partial charge in [-0.05, 0) is 44.0 Å². The zero-order valence-corrected chi connectivity index (χ0v) is 12.7. The van der Waals surface area contributed by atoms with Gasteiger partial charge < -0.3 is 15.5 Å². The Hall–Kier alpha value is -2.04. The SMILES string of the molecule is CCN(CC)C(=O)CCNC(=O)c1ccc2c(c1)CCN2. The minimum atomic E-state index is -0.114. The molecule has 1 aromatic carbocycles. The lowest BCUT2D eigenvalue weighted by Crippen LogP contribution is -2.34. The number of amides is 2. The van der Waals surface area contributed by atoms with Crippen molar-refractivity contribution in [2.45, 2.75) is 26.7 Å². The summed E-state index contributed by atoms with van der Waals surface area (Å²) in [5.74, 6) is -0.0319. The second-order valence-electron chi connectivity index (χ2n) is 5.12. The number of hydrogen-bond donors (Lipinski definition) is 2. The Morgan fingerprint density at radius 2 is 2.05 bits per heavy atom. The molecular weight excluding hydrogens is 266 g/mol. The predicted molar refractivity (Wildman–Crippen MR) is 83.5 cm³/mol. The Labute approximate surface area is 125 Å². The summed E-state index contributed by atoms with van der Waals surface area (Å²) in [7, 11) is 0. The van der Waals surface area contributed by atoms with E-state index in [0.29, 0.717) is 31.6 Å². The van der Waals surface area contributed by atoms with Crippen molar-refractivity contribution in [3.8, 4) is 0 Å². The summed E-state index contributed by atoms with van der Waals surface area (Å²) in [6, 6.07) is 5.69. The number of rotatable bonds is 6. The fourth-order valence-electron chi connectivity index (χ4n) is 2.57. The van der Waals surface area contributed by atoms with Crippen LogP contribution >= 0.6 is 0 Å². The second kappa shape index (κ2) is 7.11. The monoisotopic (exact) mass is 289 g/mol. The lowest BCUT2D eigenvalue weighted by Gasteiger charge is -2.18. The number of carbonyl (C=O) groups excluding carboxylic acids is 2. The normalized spacial score (nSPS) is 12.5. The van der Waals surface area contributed by atoms with E-state index in [1.54, 1.807) is 4.90 Å². The summed E-state index contributed by atoms with van der Waals surface area (Å²) in [5.41, 5.74) is 2.96. The molecule has 0 radical (unpaired) electrons. The summed E-state index contributed by atoms with van der Waals surface area (Å²) in [5, 5.41) is 6.09. The van der Waals surface area contributed by atoms with Crippen molar-refractivity contribution in [2.75, 3.05) is 31.5 Å². The van der Waals surface area contributed by atoms with Gasteiger partial charge in [-0.15, -0.1) is 0 Å². The molecule has 2 amide bonds. The van der Waals surface area contributed by atoms with Gasteiger partial charge in [0, 0.05) is 43.9 Å². The fourth-order valence-corrected chi connectivity index (χ4v) is 2.57. The Morgan fingerprint density at radius 1 is 1.29 bits per heavy atom. The van der Waals surface area contributed by atoms with E-state index in [-0.39, 0.29) is 11.8 Å². The fraction of sp³-hybridized carbons (Fsp3) is 0.500. The second-order valence-corrected chi connectivity index (χ2v) is 5.12. The van der Waals surface area contributed by atoms with Crippen LogP contribution < -0.4 is 10.6 Å². The van der Waals surface area contributed by atoms with Crippen molar-refractivity contribution in [1.29, 1.82) is 0 Å². The molecule has 114 valence electrons. The molecule has 0 unspecified atom stereocenters. The molecule has 21 heavy (non-hydrogen) atoms. The number of nitrogens with zero attached hydrogens (tertiary/aromatic N) is 1. The number of hydrogen-bond acceptors (Lipinski definition) is 3. The minimum Gasteiger partial charge on any atom is -0.384 e. The molecule has 0 aromatic heterocycles. The first-order valence-corrected chi connectivity index (χ1v) is 7.58. The van der Waals surface area contributed by atoms with Crippen LogP contribution in [0.25, 0.3) is 0 Å². The van der Waals surface area contributed by atoms with Gasteiger partial charge in [-0.2, -0.15) is 0 Å². The first-order chi connectivity index (χ1) is 10.2. The molecule has 0 atom stereocenters. The van der Waals surface area contributed by atoms with Gasteiger partial charge in [-0.3, -0.25) is 9.59 Å². The molecule has 2 rings (SSSR count). The summed E-state index contributed by atoms with van der Waals surface area (Å²) in [6.07, 6.45) is 1.30. The third-order valence-corrected chi connectivity index (χ3v) is 3.82. The van der Waals surface area contributed by atoms with Crippen molar-refractivity contribution < 1.29 is 9.59 Å². The highest BCUT2D eigenvalue weighted by Crippen LogP contribution is 2.22. The van der Waals surface area contributed by atoms with Gasteiger partial charge in [-0.1, -0.05) is 0 Å². The van der Waals surface area contributed by atoms with Gasteiger partial charge >= 0.3 is 0 Å². The lowest BCUT2D eigenvalue weighted by molar-refractivity contribution is -0.130. The van der Waals surface area contributed by atoms with E-state index in [0.717, 1.165) is 18.7 Å². The number of benzene rings is 1. The van der Waals surface area contributed by atoms with Crippen molar-refractivity contribution in [1.82, 2.24) is 10.2 Å². The van der Waals surface area contributed by atoms with E-state index >= 15 is 0 Å². The molecule has 5 heteroatoms. The molecule has 2 N–H and O–H groups in total. The van der Waals surface area contributed by atoms with Crippen LogP contribution in [-0.4, -0.2) is 42.9 Å². The Kier molecular flexibility index (Phi) is 5.20. The molecule has 1 heterocycles. The maximum absolute atomic E-state index is 12.1. The standard InChI is InChI=1S/C16H23N3O2/c1-3-19(4-2)15(20)8-10-18-16(21)13-5-6-14-12(11-13)7-9-17-14/h5-6,11,17H,3-4,7-10H2,1-2H3,(H,18,21). The number of anilines is 1. The van der Waals surface area contributed by atoms with E-state index < -0.39 is 0 Å². The van der Waals surface area contributed by atoms with Crippen LogP contribution in [0.15, 0.2) is 18.2 Å². The molecule has 1 aliphatic rings. The van der Waals surface area contributed by atoms with Crippen molar-refractivity contribution in [3.05, 3.63) is 29.3 Å². The summed E-state index contributed by atoms with van der Waals surface area (Å²) in [4.78, 5) is 25.7. The predicted octanol–water partition coefficient (Wildman–Crippen LogP) is 1.64. The van der Waals surface area contributed by atoms with Crippen molar-refractivity contribution >= 4 is 17.5 Å². The molecular formula is C16H23N3O2. The highest BCUT2D eigenvalue weighted by Gasteiger charge is 2.14. The first-order valence-electron chi connectivity index (χ1n) is 7.58.